The first-order chi connectivity index (χ1) is 8.30. The number of rotatable bonds is 4. The van der Waals surface area contributed by atoms with Crippen molar-refractivity contribution in [1.29, 1.82) is 0 Å². The van der Waals surface area contributed by atoms with Crippen LogP contribution in [0.15, 0.2) is 0 Å². The van der Waals surface area contributed by atoms with Gasteiger partial charge in [-0.1, -0.05) is 6.92 Å². The van der Waals surface area contributed by atoms with Crippen molar-refractivity contribution in [3.8, 4) is 0 Å². The summed E-state index contributed by atoms with van der Waals surface area (Å²) < 4.78 is 0. The maximum atomic E-state index is 11.9. The van der Waals surface area contributed by atoms with E-state index in [1.165, 1.54) is 0 Å². The molecule has 1 aliphatic heterocycles. The Morgan fingerprint density at radius 3 is 2.50 bits per heavy atom. The number of piperidine rings is 1. The second-order valence-electron chi connectivity index (χ2n) is 6.06. The van der Waals surface area contributed by atoms with Crippen LogP contribution in [0.1, 0.15) is 26.7 Å². The minimum atomic E-state index is -0.887. The van der Waals surface area contributed by atoms with Gasteiger partial charge >= 0.3 is 6.03 Å². The Bertz CT molecular complexity index is 271. The Balaban J connectivity index is 2.32. The van der Waals surface area contributed by atoms with Gasteiger partial charge in [-0.15, -0.1) is 0 Å². The molecule has 0 spiro atoms. The SMILES string of the molecule is CC1CCN(C(=O)NCC(C)(O)CN(C)C)CC1. The van der Waals surface area contributed by atoms with Crippen LogP contribution in [0.3, 0.4) is 0 Å². The molecule has 0 aromatic heterocycles. The topological polar surface area (TPSA) is 55.8 Å². The standard InChI is InChI=1S/C13H27N3O2/c1-11-5-7-16(8-6-11)12(17)14-9-13(2,18)10-15(3)4/h11,18H,5-10H2,1-4H3,(H,14,17). The number of nitrogens with zero attached hydrogens (tertiary/aromatic N) is 2. The first-order valence-corrected chi connectivity index (χ1v) is 6.70. The molecule has 0 aliphatic carbocycles. The molecule has 1 heterocycles. The van der Waals surface area contributed by atoms with Crippen molar-refractivity contribution in [3.63, 3.8) is 0 Å². The van der Waals surface area contributed by atoms with E-state index >= 15 is 0 Å². The molecule has 0 aromatic rings. The van der Waals surface area contributed by atoms with E-state index in [0.717, 1.165) is 25.9 Å². The zero-order valence-electron chi connectivity index (χ0n) is 12.1. The summed E-state index contributed by atoms with van der Waals surface area (Å²) in [6.45, 7) is 6.43. The minimum Gasteiger partial charge on any atom is -0.387 e. The van der Waals surface area contributed by atoms with E-state index < -0.39 is 5.60 Å². The Labute approximate surface area is 110 Å². The van der Waals surface area contributed by atoms with Crippen LogP contribution < -0.4 is 5.32 Å². The maximum absolute atomic E-state index is 11.9. The third kappa shape index (κ3) is 5.23. The van der Waals surface area contributed by atoms with Gasteiger partial charge in [0.2, 0.25) is 0 Å². The zero-order chi connectivity index (χ0) is 13.8. The molecule has 5 nitrogen and oxygen atoms in total. The average molecular weight is 257 g/mol. The summed E-state index contributed by atoms with van der Waals surface area (Å²) in [5, 5.41) is 12.9. The minimum absolute atomic E-state index is 0.0547. The van der Waals surface area contributed by atoms with Crippen molar-refractivity contribution < 1.29 is 9.90 Å². The van der Waals surface area contributed by atoms with Crippen molar-refractivity contribution in [2.24, 2.45) is 5.92 Å². The lowest BCUT2D eigenvalue weighted by molar-refractivity contribution is 0.0343. The van der Waals surface area contributed by atoms with Gasteiger partial charge in [0, 0.05) is 26.2 Å². The summed E-state index contributed by atoms with van der Waals surface area (Å²) in [4.78, 5) is 15.7. The van der Waals surface area contributed by atoms with Gasteiger partial charge in [-0.05, 0) is 39.8 Å². The largest absolute Gasteiger partial charge is 0.387 e. The molecule has 0 bridgehead atoms. The molecule has 106 valence electrons. The van der Waals surface area contributed by atoms with Crippen LogP contribution in [0.4, 0.5) is 4.79 Å². The molecular formula is C13H27N3O2. The number of carbonyl (C=O) groups excluding carboxylic acids is 1. The Morgan fingerprint density at radius 2 is 2.00 bits per heavy atom. The Morgan fingerprint density at radius 1 is 1.44 bits per heavy atom. The fourth-order valence-electron chi connectivity index (χ4n) is 2.33. The smallest absolute Gasteiger partial charge is 0.317 e. The first kappa shape index (κ1) is 15.2. The number of nitrogens with one attached hydrogen (secondary N) is 1. The van der Waals surface area contributed by atoms with E-state index in [1.54, 1.807) is 6.92 Å². The number of likely N-dealkylation sites (tertiary alicyclic amines) is 1. The summed E-state index contributed by atoms with van der Waals surface area (Å²) in [6, 6.07) is -0.0547. The number of aliphatic hydroxyl groups is 1. The summed E-state index contributed by atoms with van der Waals surface area (Å²) in [6.07, 6.45) is 2.14. The monoisotopic (exact) mass is 257 g/mol. The number of likely N-dealkylation sites (N-methyl/N-ethyl adjacent to an activating group) is 1. The predicted octanol–water partition coefficient (Wildman–Crippen LogP) is 0.741. The summed E-state index contributed by atoms with van der Waals surface area (Å²) >= 11 is 0. The predicted molar refractivity (Wildman–Crippen MR) is 72.5 cm³/mol. The molecule has 18 heavy (non-hydrogen) atoms. The maximum Gasteiger partial charge on any atom is 0.317 e. The van der Waals surface area contributed by atoms with Gasteiger partial charge in [0.15, 0.2) is 0 Å². The third-order valence-electron chi connectivity index (χ3n) is 3.35. The van der Waals surface area contributed by atoms with E-state index in [2.05, 4.69) is 12.2 Å². The molecule has 1 saturated heterocycles. The van der Waals surface area contributed by atoms with Gasteiger partial charge < -0.3 is 20.2 Å². The lowest BCUT2D eigenvalue weighted by atomic mass is 9.99. The average Bonchev–Trinajstić information content (AvgIpc) is 2.25. The summed E-state index contributed by atoms with van der Waals surface area (Å²) in [7, 11) is 3.81. The zero-order valence-corrected chi connectivity index (χ0v) is 12.1. The molecule has 1 fully saturated rings. The number of hydrogen-bond donors (Lipinski definition) is 2. The molecule has 0 aromatic carbocycles. The van der Waals surface area contributed by atoms with Gasteiger partial charge in [-0.3, -0.25) is 0 Å². The summed E-state index contributed by atoms with van der Waals surface area (Å²) in [5.74, 6) is 0.714. The highest BCUT2D eigenvalue weighted by atomic mass is 16.3. The van der Waals surface area contributed by atoms with Gasteiger partial charge in [-0.25, -0.2) is 4.79 Å². The number of urea groups is 1. The molecule has 1 atom stereocenters. The quantitative estimate of drug-likeness (QED) is 0.781. The molecule has 2 amide bonds. The van der Waals surface area contributed by atoms with Crippen molar-refractivity contribution in [2.75, 3.05) is 40.3 Å². The molecule has 1 aliphatic rings. The molecule has 0 radical (unpaired) electrons. The van der Waals surface area contributed by atoms with E-state index in [0.29, 0.717) is 12.5 Å². The van der Waals surface area contributed by atoms with Crippen molar-refractivity contribution in [3.05, 3.63) is 0 Å². The van der Waals surface area contributed by atoms with Crippen LogP contribution in [0.5, 0.6) is 0 Å². The van der Waals surface area contributed by atoms with Gasteiger partial charge in [0.25, 0.3) is 0 Å². The summed E-state index contributed by atoms with van der Waals surface area (Å²) in [5.41, 5.74) is -0.887. The number of amides is 2. The fourth-order valence-corrected chi connectivity index (χ4v) is 2.33. The number of carbonyl (C=O) groups is 1. The molecule has 1 unspecified atom stereocenters. The molecule has 1 rings (SSSR count). The fraction of sp³-hybridized carbons (Fsp3) is 0.923. The molecule has 2 N–H and O–H groups in total. The normalized spacial score (nSPS) is 20.9. The second-order valence-corrected chi connectivity index (χ2v) is 6.06. The highest BCUT2D eigenvalue weighted by Gasteiger charge is 2.25. The van der Waals surface area contributed by atoms with Crippen LogP contribution in [0.25, 0.3) is 0 Å². The van der Waals surface area contributed by atoms with Crippen molar-refractivity contribution >= 4 is 6.03 Å². The van der Waals surface area contributed by atoms with E-state index in [1.807, 2.05) is 23.9 Å². The van der Waals surface area contributed by atoms with Crippen LogP contribution in [0, 0.1) is 5.92 Å². The van der Waals surface area contributed by atoms with Gasteiger partial charge in [0.1, 0.15) is 0 Å². The van der Waals surface area contributed by atoms with Gasteiger partial charge in [0.05, 0.1) is 5.60 Å². The van der Waals surface area contributed by atoms with Crippen LogP contribution in [-0.2, 0) is 0 Å². The molecule has 0 saturated carbocycles. The molecule has 5 heteroatoms. The lowest BCUT2D eigenvalue weighted by Gasteiger charge is -2.32. The van der Waals surface area contributed by atoms with Crippen molar-refractivity contribution in [2.45, 2.75) is 32.3 Å². The second kappa shape index (κ2) is 6.38. The van der Waals surface area contributed by atoms with Crippen molar-refractivity contribution in [1.82, 2.24) is 15.1 Å². The number of hydrogen-bond acceptors (Lipinski definition) is 3. The van der Waals surface area contributed by atoms with Crippen LogP contribution in [0.2, 0.25) is 0 Å². The highest BCUT2D eigenvalue weighted by molar-refractivity contribution is 5.74. The highest BCUT2D eigenvalue weighted by Crippen LogP contribution is 2.15. The lowest BCUT2D eigenvalue weighted by Crippen LogP contribution is -2.51. The van der Waals surface area contributed by atoms with E-state index in [-0.39, 0.29) is 12.6 Å². The van der Waals surface area contributed by atoms with E-state index in [9.17, 15) is 9.90 Å². The Kier molecular flexibility index (Phi) is 5.41. The first-order valence-electron chi connectivity index (χ1n) is 6.70. The Hall–Kier alpha value is -0.810. The van der Waals surface area contributed by atoms with Crippen LogP contribution >= 0.6 is 0 Å². The van der Waals surface area contributed by atoms with Gasteiger partial charge in [-0.2, -0.15) is 0 Å². The van der Waals surface area contributed by atoms with Crippen LogP contribution in [-0.4, -0.2) is 66.8 Å². The van der Waals surface area contributed by atoms with E-state index in [4.69, 9.17) is 0 Å². The molecular weight excluding hydrogens is 230 g/mol. The third-order valence-corrected chi connectivity index (χ3v) is 3.35.